The van der Waals surface area contributed by atoms with E-state index in [1.54, 1.807) is 31.1 Å². The van der Waals surface area contributed by atoms with Crippen molar-refractivity contribution >= 4 is 39.9 Å². The molecule has 1 aliphatic rings. The van der Waals surface area contributed by atoms with Gasteiger partial charge in [-0.3, -0.25) is 19.9 Å². The van der Waals surface area contributed by atoms with E-state index in [0.717, 1.165) is 21.6 Å². The van der Waals surface area contributed by atoms with Crippen molar-refractivity contribution in [3.05, 3.63) is 64.8 Å². The van der Waals surface area contributed by atoms with Crippen LogP contribution < -0.4 is 16.0 Å². The van der Waals surface area contributed by atoms with Crippen molar-refractivity contribution in [2.45, 2.75) is 52.5 Å². The topological polar surface area (TPSA) is 103 Å². The first-order valence-corrected chi connectivity index (χ1v) is 13.0. The van der Waals surface area contributed by atoms with Crippen molar-refractivity contribution in [1.29, 1.82) is 0 Å². The second kappa shape index (κ2) is 9.97. The molecule has 0 saturated carbocycles. The number of nitrogens with one attached hydrogen (secondary N) is 3. The minimum absolute atomic E-state index is 0.200. The van der Waals surface area contributed by atoms with Gasteiger partial charge in [-0.1, -0.05) is 32.9 Å². The van der Waals surface area contributed by atoms with Crippen LogP contribution in [-0.4, -0.2) is 46.4 Å². The van der Waals surface area contributed by atoms with Crippen LogP contribution in [0, 0.1) is 6.92 Å². The third-order valence-corrected chi connectivity index (χ3v) is 7.97. The smallest absolute Gasteiger partial charge is 0.324 e. The fourth-order valence-electron chi connectivity index (χ4n) is 4.21. The van der Waals surface area contributed by atoms with Crippen molar-refractivity contribution in [3.8, 4) is 11.1 Å². The zero-order valence-electron chi connectivity index (χ0n) is 22.1. The number of aromatic nitrogens is 1. The van der Waals surface area contributed by atoms with Crippen molar-refractivity contribution < 1.29 is 14.4 Å². The molecule has 3 heterocycles. The number of thiophene rings is 1. The average molecular weight is 520 g/mol. The summed E-state index contributed by atoms with van der Waals surface area (Å²) >= 11 is 1.37. The van der Waals surface area contributed by atoms with Gasteiger partial charge in [-0.2, -0.15) is 0 Å². The molecule has 3 N–H and O–H groups in total. The van der Waals surface area contributed by atoms with E-state index in [1.165, 1.54) is 11.3 Å². The van der Waals surface area contributed by atoms with Crippen LogP contribution in [-0.2, 0) is 10.2 Å². The highest BCUT2D eigenvalue weighted by atomic mass is 32.1. The molecule has 4 amide bonds. The number of rotatable bonds is 4. The van der Waals surface area contributed by atoms with Gasteiger partial charge in [-0.05, 0) is 61.6 Å². The van der Waals surface area contributed by atoms with E-state index in [0.29, 0.717) is 29.3 Å². The molecule has 0 aliphatic carbocycles. The molecule has 3 aromatic rings. The molecule has 1 saturated heterocycles. The van der Waals surface area contributed by atoms with Gasteiger partial charge in [0, 0.05) is 41.6 Å². The summed E-state index contributed by atoms with van der Waals surface area (Å²) in [6, 6.07) is 10.9. The Labute approximate surface area is 221 Å². The Morgan fingerprint density at radius 3 is 2.57 bits per heavy atom. The molecule has 1 aromatic carbocycles. The summed E-state index contributed by atoms with van der Waals surface area (Å²) in [5.41, 5.74) is 2.78. The number of carbonyl (C=O) groups excluding carboxylic acids is 3. The highest BCUT2D eigenvalue weighted by molar-refractivity contribution is 7.16. The number of benzene rings is 1. The van der Waals surface area contributed by atoms with E-state index in [4.69, 9.17) is 0 Å². The van der Waals surface area contributed by atoms with Crippen LogP contribution in [0.25, 0.3) is 11.1 Å². The normalized spacial score (nSPS) is 15.2. The van der Waals surface area contributed by atoms with Crippen molar-refractivity contribution in [2.24, 2.45) is 0 Å². The summed E-state index contributed by atoms with van der Waals surface area (Å²) in [6.07, 6.45) is 3.50. The molecule has 1 aliphatic heterocycles. The van der Waals surface area contributed by atoms with Gasteiger partial charge in [0.2, 0.25) is 5.91 Å². The highest BCUT2D eigenvalue weighted by Gasteiger charge is 2.42. The van der Waals surface area contributed by atoms with E-state index in [1.807, 2.05) is 43.3 Å². The molecule has 37 heavy (non-hydrogen) atoms. The summed E-state index contributed by atoms with van der Waals surface area (Å²) in [5, 5.41) is 9.06. The number of hydrogen-bond acceptors (Lipinski definition) is 5. The van der Waals surface area contributed by atoms with Crippen LogP contribution in [0.1, 0.15) is 55.4 Å². The summed E-state index contributed by atoms with van der Waals surface area (Å²) in [4.78, 5) is 45.9. The maximum absolute atomic E-state index is 13.7. The second-order valence-electron chi connectivity index (χ2n) is 10.7. The average Bonchev–Trinajstić information content (AvgIpc) is 3.26. The van der Waals surface area contributed by atoms with Gasteiger partial charge < -0.3 is 15.5 Å². The molecule has 4 rings (SSSR count). The van der Waals surface area contributed by atoms with E-state index in [9.17, 15) is 14.4 Å². The minimum Gasteiger partial charge on any atom is -0.352 e. The monoisotopic (exact) mass is 519 g/mol. The Balaban J connectivity index is 1.61. The lowest BCUT2D eigenvalue weighted by Crippen LogP contribution is -2.63. The SMILES string of the molecule is Cc1ccc(NC(=O)Nc2sc(C(C)(C)C)cc2C(=O)N2CCNC(=O)C2(C)C)cc1-c1cccnc1. The van der Waals surface area contributed by atoms with Crippen molar-refractivity contribution in [1.82, 2.24) is 15.2 Å². The third kappa shape index (κ3) is 5.51. The van der Waals surface area contributed by atoms with Crippen LogP contribution in [0.2, 0.25) is 0 Å². The lowest BCUT2D eigenvalue weighted by atomic mass is 9.93. The van der Waals surface area contributed by atoms with Gasteiger partial charge >= 0.3 is 6.03 Å². The fourth-order valence-corrected chi connectivity index (χ4v) is 5.31. The number of pyridine rings is 1. The number of hydrogen-bond donors (Lipinski definition) is 3. The van der Waals surface area contributed by atoms with Crippen LogP contribution in [0.5, 0.6) is 0 Å². The zero-order valence-corrected chi connectivity index (χ0v) is 22.9. The molecule has 0 unspecified atom stereocenters. The lowest BCUT2D eigenvalue weighted by molar-refractivity contribution is -0.133. The maximum Gasteiger partial charge on any atom is 0.324 e. The predicted octanol–water partition coefficient (Wildman–Crippen LogP) is 5.41. The maximum atomic E-state index is 13.7. The van der Waals surface area contributed by atoms with E-state index in [-0.39, 0.29) is 17.2 Å². The fraction of sp³-hybridized carbons (Fsp3) is 0.357. The molecule has 9 heteroatoms. The zero-order chi connectivity index (χ0) is 27.0. The van der Waals surface area contributed by atoms with E-state index >= 15 is 0 Å². The Morgan fingerprint density at radius 2 is 1.89 bits per heavy atom. The van der Waals surface area contributed by atoms with Crippen molar-refractivity contribution in [3.63, 3.8) is 0 Å². The number of amides is 4. The predicted molar refractivity (Wildman–Crippen MR) is 148 cm³/mol. The van der Waals surface area contributed by atoms with Gasteiger partial charge in [0.05, 0.1) is 5.56 Å². The molecular formula is C28H33N5O3S. The number of carbonyl (C=O) groups is 3. The molecule has 2 aromatic heterocycles. The van der Waals surface area contributed by atoms with Gasteiger partial charge in [-0.25, -0.2) is 4.79 Å². The van der Waals surface area contributed by atoms with Gasteiger partial charge in [-0.15, -0.1) is 11.3 Å². The Bertz CT molecular complexity index is 1340. The molecule has 0 spiro atoms. The first kappa shape index (κ1) is 26.3. The van der Waals surface area contributed by atoms with Crippen LogP contribution in [0.4, 0.5) is 15.5 Å². The number of aryl methyl sites for hydroxylation is 1. The largest absolute Gasteiger partial charge is 0.352 e. The van der Waals surface area contributed by atoms with Crippen LogP contribution in [0.3, 0.4) is 0 Å². The number of nitrogens with zero attached hydrogens (tertiary/aromatic N) is 2. The summed E-state index contributed by atoms with van der Waals surface area (Å²) in [7, 11) is 0. The molecule has 1 fully saturated rings. The van der Waals surface area contributed by atoms with Crippen LogP contribution >= 0.6 is 11.3 Å². The number of piperazine rings is 1. The van der Waals surface area contributed by atoms with Crippen molar-refractivity contribution in [2.75, 3.05) is 23.7 Å². The number of urea groups is 1. The third-order valence-electron chi connectivity index (χ3n) is 6.49. The quantitative estimate of drug-likeness (QED) is 0.429. The van der Waals surface area contributed by atoms with Gasteiger partial charge in [0.1, 0.15) is 10.5 Å². The molecule has 194 valence electrons. The summed E-state index contributed by atoms with van der Waals surface area (Å²) in [6.45, 7) is 12.4. The Morgan fingerprint density at radius 1 is 1.14 bits per heavy atom. The standard InChI is InChI=1S/C28H33N5O3S/c1-17-9-10-19(14-20(17)18-8-7-11-29-16-18)31-26(36)32-23-21(15-22(37-23)27(2,3)4)24(34)33-13-12-30-25(35)28(33,5)6/h7-11,14-16H,12-13H2,1-6H3,(H,30,35)(H2,31,32,36). The van der Waals surface area contributed by atoms with Gasteiger partial charge in [0.15, 0.2) is 0 Å². The molecule has 8 nitrogen and oxygen atoms in total. The summed E-state index contributed by atoms with van der Waals surface area (Å²) in [5.74, 6) is -0.481. The highest BCUT2D eigenvalue weighted by Crippen LogP contribution is 2.38. The molecule has 0 radical (unpaired) electrons. The molecular weight excluding hydrogens is 486 g/mol. The Hall–Kier alpha value is -3.72. The van der Waals surface area contributed by atoms with Gasteiger partial charge in [0.25, 0.3) is 5.91 Å². The van der Waals surface area contributed by atoms with Crippen LogP contribution in [0.15, 0.2) is 48.8 Å². The Kier molecular flexibility index (Phi) is 7.10. The molecule has 0 atom stereocenters. The summed E-state index contributed by atoms with van der Waals surface area (Å²) < 4.78 is 0. The first-order valence-electron chi connectivity index (χ1n) is 12.2. The second-order valence-corrected chi connectivity index (χ2v) is 11.8. The van der Waals surface area contributed by atoms with E-state index < -0.39 is 11.6 Å². The lowest BCUT2D eigenvalue weighted by Gasteiger charge is -2.41. The van der Waals surface area contributed by atoms with E-state index in [2.05, 4.69) is 41.7 Å². The minimum atomic E-state index is -0.997. The number of anilines is 2. The first-order chi connectivity index (χ1) is 17.4. The molecule has 0 bridgehead atoms.